The van der Waals surface area contributed by atoms with Crippen LogP contribution < -0.4 is 24.3 Å². The highest BCUT2D eigenvalue weighted by Crippen LogP contribution is 2.37. The summed E-state index contributed by atoms with van der Waals surface area (Å²) in [5, 5.41) is 24.0. The molecule has 4 rings (SSSR count). The third-order valence-corrected chi connectivity index (χ3v) is 7.00. The monoisotopic (exact) mass is 595 g/mol. The highest BCUT2D eigenvalue weighted by atomic mass is 16.6. The molecule has 1 heterocycles. The molecule has 2 amide bonds. The Morgan fingerprint density at radius 1 is 0.977 bits per heavy atom. The zero-order chi connectivity index (χ0) is 30.9. The van der Waals surface area contributed by atoms with Gasteiger partial charge in [0.2, 0.25) is 0 Å². The van der Waals surface area contributed by atoms with Crippen molar-refractivity contribution in [2.24, 2.45) is 0 Å². The van der Waals surface area contributed by atoms with Gasteiger partial charge in [-0.05, 0) is 30.5 Å². The lowest BCUT2D eigenvalue weighted by molar-refractivity contribution is -0.385. The maximum atomic E-state index is 13.6. The number of carbonyl (C=O) groups excluding carboxylic acids is 2. The van der Waals surface area contributed by atoms with Crippen molar-refractivity contribution in [2.75, 3.05) is 39.8 Å². The largest absolute Gasteiger partial charge is 0.493 e. The highest BCUT2D eigenvalue weighted by Gasteiger charge is 2.31. The van der Waals surface area contributed by atoms with Crippen LogP contribution in [0.1, 0.15) is 34.3 Å². The summed E-state index contributed by atoms with van der Waals surface area (Å²) in [4.78, 5) is 39.2. The number of amides is 2. The number of methoxy groups -OCH3 is 3. The summed E-state index contributed by atoms with van der Waals surface area (Å²) in [7, 11) is 4.16. The summed E-state index contributed by atoms with van der Waals surface area (Å²) < 4.78 is 27.2. The second-order valence-electron chi connectivity index (χ2n) is 9.59. The Kier molecular flexibility index (Phi) is 10.2. The molecule has 3 aromatic rings. The van der Waals surface area contributed by atoms with Gasteiger partial charge in [-0.15, -0.1) is 0 Å². The number of nitro benzene ring substituents is 1. The van der Waals surface area contributed by atoms with Gasteiger partial charge in [-0.25, -0.2) is 4.79 Å². The molecule has 0 radical (unpaired) electrons. The van der Waals surface area contributed by atoms with Gasteiger partial charge in [0.25, 0.3) is 11.6 Å². The smallest absolute Gasteiger partial charge is 0.411 e. The predicted octanol–water partition coefficient (Wildman–Crippen LogP) is 4.55. The molecule has 0 aliphatic carbocycles. The van der Waals surface area contributed by atoms with E-state index in [2.05, 4.69) is 5.32 Å². The van der Waals surface area contributed by atoms with Gasteiger partial charge in [0.1, 0.15) is 13.2 Å². The number of carbonyl (C=O) groups is 2. The predicted molar refractivity (Wildman–Crippen MR) is 155 cm³/mol. The lowest BCUT2D eigenvalue weighted by Gasteiger charge is -2.25. The van der Waals surface area contributed by atoms with Gasteiger partial charge >= 0.3 is 6.09 Å². The van der Waals surface area contributed by atoms with Crippen LogP contribution in [0.2, 0.25) is 0 Å². The number of hydrogen-bond donors (Lipinski definition) is 2. The van der Waals surface area contributed by atoms with Gasteiger partial charge < -0.3 is 33.7 Å². The van der Waals surface area contributed by atoms with Crippen LogP contribution in [0.4, 0.5) is 16.2 Å². The minimum absolute atomic E-state index is 0.0681. The average molecular weight is 596 g/mol. The lowest BCUT2D eigenvalue weighted by Crippen LogP contribution is -2.38. The first-order chi connectivity index (χ1) is 20.8. The van der Waals surface area contributed by atoms with Crippen LogP contribution in [-0.2, 0) is 18.0 Å². The Bertz CT molecular complexity index is 1460. The van der Waals surface area contributed by atoms with Crippen molar-refractivity contribution in [3.05, 3.63) is 81.4 Å². The molecule has 1 aliphatic rings. The van der Waals surface area contributed by atoms with Crippen molar-refractivity contribution in [1.29, 1.82) is 0 Å². The second-order valence-corrected chi connectivity index (χ2v) is 9.59. The Balaban J connectivity index is 1.62. The fourth-order valence-corrected chi connectivity index (χ4v) is 4.78. The van der Waals surface area contributed by atoms with Gasteiger partial charge in [0.15, 0.2) is 23.0 Å². The van der Waals surface area contributed by atoms with Crippen molar-refractivity contribution in [2.45, 2.75) is 32.1 Å². The fraction of sp³-hybridized carbons (Fsp3) is 0.333. The third-order valence-electron chi connectivity index (χ3n) is 7.00. The number of benzene rings is 3. The van der Waals surface area contributed by atoms with Crippen LogP contribution in [0, 0.1) is 10.1 Å². The number of hydrogen-bond acceptors (Lipinski definition) is 10. The van der Waals surface area contributed by atoms with E-state index >= 15 is 0 Å². The molecule has 1 atom stereocenters. The number of aliphatic hydroxyl groups is 1. The van der Waals surface area contributed by atoms with E-state index in [9.17, 15) is 24.8 Å². The van der Waals surface area contributed by atoms with Gasteiger partial charge in [-0.1, -0.05) is 30.3 Å². The Labute approximate surface area is 248 Å². The minimum atomic E-state index is -0.975. The van der Waals surface area contributed by atoms with Crippen LogP contribution in [0.5, 0.6) is 23.0 Å². The number of nitro groups is 1. The summed E-state index contributed by atoms with van der Waals surface area (Å²) in [6, 6.07) is 14.5. The molecule has 3 aromatic carbocycles. The molecular weight excluding hydrogens is 562 g/mol. The molecular formula is C30H33N3O10. The Morgan fingerprint density at radius 3 is 2.30 bits per heavy atom. The summed E-state index contributed by atoms with van der Waals surface area (Å²) in [5.74, 6) is 0.470. The van der Waals surface area contributed by atoms with Crippen molar-refractivity contribution in [1.82, 2.24) is 4.90 Å². The van der Waals surface area contributed by atoms with Crippen molar-refractivity contribution in [3.8, 4) is 23.0 Å². The van der Waals surface area contributed by atoms with Crippen molar-refractivity contribution < 1.29 is 43.3 Å². The van der Waals surface area contributed by atoms with Crippen LogP contribution in [0.25, 0.3) is 0 Å². The molecule has 228 valence electrons. The van der Waals surface area contributed by atoms with Crippen LogP contribution in [-0.4, -0.2) is 67.5 Å². The molecule has 2 N–H and O–H groups in total. The molecule has 1 aliphatic heterocycles. The van der Waals surface area contributed by atoms with Crippen LogP contribution >= 0.6 is 0 Å². The third kappa shape index (κ3) is 7.25. The summed E-state index contributed by atoms with van der Waals surface area (Å²) in [6.45, 7) is -0.0460. The second kappa shape index (κ2) is 14.2. The molecule has 0 bridgehead atoms. The molecule has 13 nitrogen and oxygen atoms in total. The van der Waals surface area contributed by atoms with E-state index in [0.717, 1.165) is 12.0 Å². The Hall–Kier alpha value is -5.04. The van der Waals surface area contributed by atoms with Crippen LogP contribution in [0.15, 0.2) is 54.6 Å². The highest BCUT2D eigenvalue weighted by molar-refractivity contribution is 6.03. The quantitative estimate of drug-likeness (QED) is 0.225. The summed E-state index contributed by atoms with van der Waals surface area (Å²) in [5.41, 5.74) is 0.797. The maximum Gasteiger partial charge on any atom is 0.411 e. The molecule has 1 saturated heterocycles. The van der Waals surface area contributed by atoms with Gasteiger partial charge in [0.05, 0.1) is 61.8 Å². The van der Waals surface area contributed by atoms with Crippen molar-refractivity contribution >= 4 is 23.4 Å². The molecule has 13 heteroatoms. The first-order valence-corrected chi connectivity index (χ1v) is 13.4. The maximum absolute atomic E-state index is 13.6. The van der Waals surface area contributed by atoms with Crippen molar-refractivity contribution in [3.63, 3.8) is 0 Å². The standard InChI is InChI=1S/C30H33N3O10/c1-39-25-12-20(24(33(37)38)15-27(25)41-3)18-43-30(36)31-23-14-28(42-17-19-8-5-4-6-9-19)26(40-2)13-22(23)29(35)32-11-7-10-21(32)16-34/h4-6,8-9,12-15,21,34H,7,10-11,16-18H2,1-3H3,(H,31,36)/t21-/m0/s1. The van der Waals surface area contributed by atoms with Crippen LogP contribution in [0.3, 0.4) is 0 Å². The van der Waals surface area contributed by atoms with E-state index in [1.165, 1.54) is 45.6 Å². The molecule has 1 fully saturated rings. The number of rotatable bonds is 12. The van der Waals surface area contributed by atoms with E-state index in [-0.39, 0.29) is 64.8 Å². The summed E-state index contributed by atoms with van der Waals surface area (Å²) in [6.07, 6.45) is 0.394. The number of likely N-dealkylation sites (tertiary alicyclic amines) is 1. The van der Waals surface area contributed by atoms with E-state index in [1.807, 2.05) is 30.3 Å². The first-order valence-electron chi connectivity index (χ1n) is 13.4. The summed E-state index contributed by atoms with van der Waals surface area (Å²) >= 11 is 0. The topological polar surface area (TPSA) is 159 Å². The number of ether oxygens (including phenoxy) is 5. The van der Waals surface area contributed by atoms with E-state index in [4.69, 9.17) is 23.7 Å². The SMILES string of the molecule is COc1cc(COC(=O)Nc2cc(OCc3ccccc3)c(OC)cc2C(=O)N2CCC[C@H]2CO)c([N+](=O)[O-])cc1OC. The molecule has 0 saturated carbocycles. The molecule has 0 spiro atoms. The first kappa shape index (κ1) is 30.9. The zero-order valence-electron chi connectivity index (χ0n) is 24.0. The normalized spacial score (nSPS) is 14.1. The van der Waals surface area contributed by atoms with Gasteiger partial charge in [-0.3, -0.25) is 20.2 Å². The van der Waals surface area contributed by atoms with E-state index in [0.29, 0.717) is 13.0 Å². The lowest BCUT2D eigenvalue weighted by atomic mass is 10.1. The zero-order valence-corrected chi connectivity index (χ0v) is 24.0. The number of nitrogens with zero attached hydrogens (tertiary/aromatic N) is 2. The Morgan fingerprint density at radius 2 is 1.65 bits per heavy atom. The van der Waals surface area contributed by atoms with E-state index < -0.39 is 23.5 Å². The van der Waals surface area contributed by atoms with Gasteiger partial charge in [-0.2, -0.15) is 0 Å². The molecule has 0 aromatic heterocycles. The van der Waals surface area contributed by atoms with Gasteiger partial charge in [0, 0.05) is 12.6 Å². The molecule has 0 unspecified atom stereocenters. The van der Waals surface area contributed by atoms with E-state index in [1.54, 1.807) is 4.90 Å². The fourth-order valence-electron chi connectivity index (χ4n) is 4.78. The minimum Gasteiger partial charge on any atom is -0.493 e. The number of nitrogens with one attached hydrogen (secondary N) is 1. The number of anilines is 1. The number of aliphatic hydroxyl groups excluding tert-OH is 1. The average Bonchev–Trinajstić information content (AvgIpc) is 3.51. The molecule has 43 heavy (non-hydrogen) atoms.